The van der Waals surface area contributed by atoms with Crippen molar-refractivity contribution in [3.05, 3.63) is 0 Å². The van der Waals surface area contributed by atoms with Crippen molar-refractivity contribution in [2.75, 3.05) is 25.2 Å². The Balaban J connectivity index is 4.31. The summed E-state index contributed by atoms with van der Waals surface area (Å²) in [5.74, 6) is 0. The van der Waals surface area contributed by atoms with Crippen LogP contribution in [0.2, 0.25) is 0 Å². The first-order chi connectivity index (χ1) is 6.60. The van der Waals surface area contributed by atoms with E-state index in [-0.39, 0.29) is 19.8 Å². The fraction of sp³-hybridized carbons (Fsp3) is 0.857. The van der Waals surface area contributed by atoms with E-state index in [0.717, 1.165) is 0 Å². The standard InChI is InChI=1S/C7H14BrO5P/c1-3-12-14(10,13-4-2)7(9)11-6-5-8/h3-6H2,1-2H3. The van der Waals surface area contributed by atoms with Crippen molar-refractivity contribution in [3.63, 3.8) is 0 Å². The molecule has 0 aromatic rings. The van der Waals surface area contributed by atoms with E-state index in [4.69, 9.17) is 9.05 Å². The maximum absolute atomic E-state index is 11.7. The van der Waals surface area contributed by atoms with Gasteiger partial charge in [-0.3, -0.25) is 0 Å². The summed E-state index contributed by atoms with van der Waals surface area (Å²) in [7, 11) is -3.72. The number of rotatable bonds is 7. The maximum Gasteiger partial charge on any atom is 0.438 e. The summed E-state index contributed by atoms with van der Waals surface area (Å²) in [5, 5.41) is 0.483. The molecule has 0 heterocycles. The van der Waals surface area contributed by atoms with Gasteiger partial charge in [0.1, 0.15) is 6.61 Å². The lowest BCUT2D eigenvalue weighted by Gasteiger charge is -2.14. The molecule has 0 N–H and O–H groups in total. The van der Waals surface area contributed by atoms with Gasteiger partial charge in [0.05, 0.1) is 13.2 Å². The summed E-state index contributed by atoms with van der Waals surface area (Å²) >= 11 is 3.07. The van der Waals surface area contributed by atoms with Crippen molar-refractivity contribution in [1.29, 1.82) is 0 Å². The van der Waals surface area contributed by atoms with E-state index in [9.17, 15) is 9.36 Å². The van der Waals surface area contributed by atoms with Crippen LogP contribution in [0.15, 0.2) is 0 Å². The quantitative estimate of drug-likeness (QED) is 0.532. The lowest BCUT2D eigenvalue weighted by atomic mass is 10.9. The highest BCUT2D eigenvalue weighted by molar-refractivity contribution is 9.09. The second-order valence-corrected chi connectivity index (χ2v) is 4.81. The molecule has 0 bridgehead atoms. The minimum absolute atomic E-state index is 0.140. The minimum atomic E-state index is -3.72. The molecule has 0 rings (SSSR count). The van der Waals surface area contributed by atoms with Gasteiger partial charge in [-0.25, -0.2) is 9.36 Å². The Hall–Kier alpha value is 0.100. The molecule has 0 aliphatic rings. The van der Waals surface area contributed by atoms with Gasteiger partial charge in [-0.2, -0.15) is 0 Å². The maximum atomic E-state index is 11.7. The molecule has 0 spiro atoms. The molecule has 5 nitrogen and oxygen atoms in total. The monoisotopic (exact) mass is 288 g/mol. The second kappa shape index (κ2) is 7.40. The smallest absolute Gasteiger partial charge is 0.438 e. The Labute approximate surface area is 91.8 Å². The van der Waals surface area contributed by atoms with Crippen LogP contribution < -0.4 is 0 Å². The van der Waals surface area contributed by atoms with E-state index >= 15 is 0 Å². The van der Waals surface area contributed by atoms with Crippen molar-refractivity contribution in [2.24, 2.45) is 0 Å². The summed E-state index contributed by atoms with van der Waals surface area (Å²) in [6, 6.07) is 0. The molecule has 0 unspecified atom stereocenters. The fourth-order valence-corrected chi connectivity index (χ4v) is 2.06. The Morgan fingerprint density at radius 1 is 1.29 bits per heavy atom. The molecule has 0 aromatic carbocycles. The van der Waals surface area contributed by atoms with Crippen molar-refractivity contribution in [3.8, 4) is 0 Å². The molecule has 7 heteroatoms. The van der Waals surface area contributed by atoms with Crippen LogP contribution in [-0.2, 0) is 18.3 Å². The second-order valence-electron chi connectivity index (χ2n) is 2.14. The first-order valence-electron chi connectivity index (χ1n) is 4.23. The zero-order valence-corrected chi connectivity index (χ0v) is 10.7. The Morgan fingerprint density at radius 3 is 2.14 bits per heavy atom. The van der Waals surface area contributed by atoms with E-state index < -0.39 is 13.3 Å². The van der Waals surface area contributed by atoms with Gasteiger partial charge < -0.3 is 13.8 Å². The molecule has 0 aliphatic heterocycles. The fourth-order valence-electron chi connectivity index (χ4n) is 0.688. The van der Waals surface area contributed by atoms with Gasteiger partial charge in [0, 0.05) is 5.33 Å². The highest BCUT2D eigenvalue weighted by Crippen LogP contribution is 2.49. The van der Waals surface area contributed by atoms with Crippen molar-refractivity contribution < 1.29 is 23.1 Å². The molecule has 14 heavy (non-hydrogen) atoms. The van der Waals surface area contributed by atoms with Gasteiger partial charge in [0.15, 0.2) is 0 Å². The summed E-state index contributed by atoms with van der Waals surface area (Å²) in [6.07, 6.45) is 0. The zero-order valence-electron chi connectivity index (χ0n) is 8.19. The highest BCUT2D eigenvalue weighted by atomic mass is 79.9. The van der Waals surface area contributed by atoms with Crippen LogP contribution in [0.25, 0.3) is 0 Å². The van der Waals surface area contributed by atoms with Crippen LogP contribution in [-0.4, -0.2) is 30.9 Å². The van der Waals surface area contributed by atoms with Crippen LogP contribution in [0, 0.1) is 0 Å². The van der Waals surface area contributed by atoms with E-state index in [1.165, 1.54) is 0 Å². The van der Waals surface area contributed by atoms with Gasteiger partial charge in [-0.1, -0.05) is 15.9 Å². The number of alkyl halides is 1. The van der Waals surface area contributed by atoms with E-state index in [0.29, 0.717) is 5.33 Å². The van der Waals surface area contributed by atoms with E-state index in [1.54, 1.807) is 13.8 Å². The molecule has 0 saturated heterocycles. The lowest BCUT2D eigenvalue weighted by Crippen LogP contribution is -2.10. The van der Waals surface area contributed by atoms with Gasteiger partial charge in [0.2, 0.25) is 0 Å². The highest BCUT2D eigenvalue weighted by Gasteiger charge is 2.36. The summed E-state index contributed by atoms with van der Waals surface area (Å²) in [4.78, 5) is 11.2. The lowest BCUT2D eigenvalue weighted by molar-refractivity contribution is 0.154. The molecule has 0 fully saturated rings. The Morgan fingerprint density at radius 2 is 1.79 bits per heavy atom. The number of carbonyl (C=O) groups excluding carboxylic acids is 1. The van der Waals surface area contributed by atoms with Gasteiger partial charge in [-0.05, 0) is 13.8 Å². The molecular formula is C7H14BrO5P. The molecular weight excluding hydrogens is 275 g/mol. The van der Waals surface area contributed by atoms with E-state index in [1.807, 2.05) is 0 Å². The number of ether oxygens (including phenoxy) is 1. The van der Waals surface area contributed by atoms with Crippen LogP contribution in [0.3, 0.4) is 0 Å². The average molecular weight is 289 g/mol. The normalized spacial score (nSPS) is 11.4. The van der Waals surface area contributed by atoms with Crippen molar-refractivity contribution in [1.82, 2.24) is 0 Å². The summed E-state index contributed by atoms with van der Waals surface area (Å²) < 4.78 is 25.9. The first kappa shape index (κ1) is 14.1. The third-order valence-electron chi connectivity index (χ3n) is 1.12. The van der Waals surface area contributed by atoms with Crippen LogP contribution in [0.1, 0.15) is 13.8 Å². The molecule has 0 saturated carbocycles. The number of hydrogen-bond acceptors (Lipinski definition) is 5. The minimum Gasteiger partial charge on any atom is -0.456 e. The van der Waals surface area contributed by atoms with Crippen molar-refractivity contribution >= 4 is 29.2 Å². The predicted molar refractivity (Wildman–Crippen MR) is 56.0 cm³/mol. The molecule has 0 aromatic heterocycles. The van der Waals surface area contributed by atoms with Crippen LogP contribution >= 0.6 is 23.5 Å². The summed E-state index contributed by atoms with van der Waals surface area (Å²) in [5.41, 5.74) is -0.930. The third-order valence-corrected chi connectivity index (χ3v) is 3.22. The average Bonchev–Trinajstić information content (AvgIpc) is 2.15. The third kappa shape index (κ3) is 4.55. The van der Waals surface area contributed by atoms with Crippen LogP contribution in [0.5, 0.6) is 0 Å². The van der Waals surface area contributed by atoms with Crippen molar-refractivity contribution in [2.45, 2.75) is 13.8 Å². The Kier molecular flexibility index (Phi) is 7.45. The zero-order chi connectivity index (χ0) is 11.0. The van der Waals surface area contributed by atoms with Gasteiger partial charge in [-0.15, -0.1) is 0 Å². The molecule has 0 atom stereocenters. The number of halogens is 1. The topological polar surface area (TPSA) is 61.8 Å². The SMILES string of the molecule is CCOP(=O)(OCC)C(=O)OCCBr. The van der Waals surface area contributed by atoms with Gasteiger partial charge in [0.25, 0.3) is 0 Å². The van der Waals surface area contributed by atoms with Crippen LogP contribution in [0.4, 0.5) is 4.79 Å². The first-order valence-corrected chi connectivity index (χ1v) is 6.89. The molecule has 84 valence electrons. The summed E-state index contributed by atoms with van der Waals surface area (Å²) in [6.45, 7) is 3.68. The number of hydrogen-bond donors (Lipinski definition) is 0. The van der Waals surface area contributed by atoms with Gasteiger partial charge >= 0.3 is 13.3 Å². The largest absolute Gasteiger partial charge is 0.456 e. The predicted octanol–water partition coefficient (Wildman–Crippen LogP) is 2.78. The van der Waals surface area contributed by atoms with E-state index in [2.05, 4.69) is 20.7 Å². The Bertz CT molecular complexity index is 210. The molecule has 0 amide bonds. The molecule has 0 radical (unpaired) electrons. The molecule has 0 aliphatic carbocycles. The number of carbonyl (C=O) groups is 1.